The van der Waals surface area contributed by atoms with Gasteiger partial charge in [-0.25, -0.2) is 4.39 Å². The van der Waals surface area contributed by atoms with Gasteiger partial charge in [0.1, 0.15) is 17.1 Å². The standard InChI is InChI=1S/C15H21FN4O2/c1-10(18-17-5)15(4)19(21)13(14(2,3)20(15)22)11-6-8-12(16)9-7-11/h6-9,17,22H,1-5H3. The van der Waals surface area contributed by atoms with Gasteiger partial charge in [0.05, 0.1) is 0 Å². The maximum atomic E-state index is 13.1. The Morgan fingerprint density at radius 2 is 1.86 bits per heavy atom. The van der Waals surface area contributed by atoms with Gasteiger partial charge in [0, 0.05) is 19.5 Å². The molecule has 1 aliphatic heterocycles. The van der Waals surface area contributed by atoms with Crippen LogP contribution in [0.5, 0.6) is 0 Å². The first-order valence-electron chi connectivity index (χ1n) is 6.98. The molecule has 0 aliphatic carbocycles. The van der Waals surface area contributed by atoms with E-state index in [-0.39, 0.29) is 5.82 Å². The van der Waals surface area contributed by atoms with E-state index >= 15 is 0 Å². The lowest BCUT2D eigenvalue weighted by molar-refractivity contribution is -0.560. The number of benzene rings is 1. The van der Waals surface area contributed by atoms with Crippen LogP contribution in [0, 0.1) is 11.0 Å². The molecule has 2 N–H and O–H groups in total. The Balaban J connectivity index is 2.67. The van der Waals surface area contributed by atoms with Crippen LogP contribution in [0.15, 0.2) is 29.4 Å². The molecule has 1 aliphatic rings. The molecule has 0 bridgehead atoms. The Morgan fingerprint density at radius 1 is 1.32 bits per heavy atom. The number of hydrazone groups is 1. The predicted octanol–water partition coefficient (Wildman–Crippen LogP) is 1.92. The van der Waals surface area contributed by atoms with Gasteiger partial charge in [-0.3, -0.25) is 0 Å². The highest BCUT2D eigenvalue weighted by atomic mass is 19.1. The molecule has 1 aromatic rings. The molecule has 120 valence electrons. The summed E-state index contributed by atoms with van der Waals surface area (Å²) in [5.74, 6) is -0.380. The molecule has 6 nitrogen and oxygen atoms in total. The largest absolute Gasteiger partial charge is 0.622 e. The maximum absolute atomic E-state index is 13.1. The quantitative estimate of drug-likeness (QED) is 0.387. The first-order valence-corrected chi connectivity index (χ1v) is 6.98. The van der Waals surface area contributed by atoms with E-state index in [9.17, 15) is 14.8 Å². The summed E-state index contributed by atoms with van der Waals surface area (Å²) in [4.78, 5) is 0. The monoisotopic (exact) mass is 308 g/mol. The summed E-state index contributed by atoms with van der Waals surface area (Å²) in [5.41, 5.74) is 1.64. The molecule has 1 aromatic carbocycles. The van der Waals surface area contributed by atoms with Gasteiger partial charge in [-0.05, 0) is 45.0 Å². The Kier molecular flexibility index (Phi) is 3.97. The van der Waals surface area contributed by atoms with Gasteiger partial charge < -0.3 is 15.8 Å². The van der Waals surface area contributed by atoms with Crippen LogP contribution in [0.2, 0.25) is 0 Å². The van der Waals surface area contributed by atoms with Crippen molar-refractivity contribution in [2.75, 3.05) is 7.05 Å². The number of hydrogen-bond donors (Lipinski definition) is 2. The van der Waals surface area contributed by atoms with E-state index in [2.05, 4.69) is 10.5 Å². The smallest absolute Gasteiger partial charge is 0.289 e. The average molecular weight is 308 g/mol. The molecule has 1 heterocycles. The van der Waals surface area contributed by atoms with Gasteiger partial charge in [-0.15, -0.1) is 5.06 Å². The van der Waals surface area contributed by atoms with Crippen molar-refractivity contribution in [3.63, 3.8) is 0 Å². The fourth-order valence-corrected chi connectivity index (χ4v) is 2.85. The van der Waals surface area contributed by atoms with Gasteiger partial charge in [0.15, 0.2) is 0 Å². The van der Waals surface area contributed by atoms with E-state index in [4.69, 9.17) is 0 Å². The van der Waals surface area contributed by atoms with Crippen LogP contribution < -0.4 is 5.43 Å². The number of hydrogen-bond acceptors (Lipinski definition) is 5. The molecule has 0 saturated heterocycles. The summed E-state index contributed by atoms with van der Waals surface area (Å²) in [5, 5.41) is 28.6. The zero-order valence-electron chi connectivity index (χ0n) is 13.4. The number of rotatable bonds is 3. The Bertz CT molecular complexity index is 639. The minimum atomic E-state index is -1.35. The highest BCUT2D eigenvalue weighted by Gasteiger charge is 2.61. The highest BCUT2D eigenvalue weighted by molar-refractivity contribution is 6.06. The zero-order chi connectivity index (χ0) is 16.7. The molecule has 0 spiro atoms. The Labute approximate surface area is 129 Å². The third-order valence-electron chi connectivity index (χ3n) is 4.20. The molecular weight excluding hydrogens is 287 g/mol. The fraction of sp³-hybridized carbons (Fsp3) is 0.467. The molecule has 7 heteroatoms. The first kappa shape index (κ1) is 16.4. The second kappa shape index (κ2) is 5.33. The van der Waals surface area contributed by atoms with Crippen molar-refractivity contribution in [1.29, 1.82) is 0 Å². The number of nitrogens with one attached hydrogen (secondary N) is 1. The van der Waals surface area contributed by atoms with Crippen LogP contribution in [0.4, 0.5) is 4.39 Å². The topological polar surface area (TPSA) is 73.9 Å². The number of halogens is 1. The van der Waals surface area contributed by atoms with Gasteiger partial charge in [0.2, 0.25) is 5.71 Å². The van der Waals surface area contributed by atoms with E-state index in [1.807, 2.05) is 0 Å². The van der Waals surface area contributed by atoms with Crippen molar-refractivity contribution >= 4 is 11.4 Å². The number of hydroxylamine groups is 3. The van der Waals surface area contributed by atoms with E-state index in [1.54, 1.807) is 34.7 Å². The lowest BCUT2D eigenvalue weighted by Crippen LogP contribution is -2.57. The third-order valence-corrected chi connectivity index (χ3v) is 4.20. The van der Waals surface area contributed by atoms with Crippen LogP contribution >= 0.6 is 0 Å². The second-order valence-corrected chi connectivity index (χ2v) is 5.96. The maximum Gasteiger partial charge on any atom is 0.289 e. The fourth-order valence-electron chi connectivity index (χ4n) is 2.85. The van der Waals surface area contributed by atoms with Crippen molar-refractivity contribution in [3.8, 4) is 0 Å². The molecular formula is C15H21FN4O2. The van der Waals surface area contributed by atoms with Crippen LogP contribution in [-0.2, 0) is 0 Å². The van der Waals surface area contributed by atoms with Crippen LogP contribution in [0.25, 0.3) is 0 Å². The minimum absolute atomic E-state index is 0.350. The Morgan fingerprint density at radius 3 is 2.36 bits per heavy atom. The van der Waals surface area contributed by atoms with Gasteiger partial charge in [0.25, 0.3) is 5.66 Å². The molecule has 0 saturated carbocycles. The molecule has 0 aromatic heterocycles. The second-order valence-electron chi connectivity index (χ2n) is 5.96. The first-order chi connectivity index (χ1) is 10.2. The van der Waals surface area contributed by atoms with Crippen molar-refractivity contribution in [3.05, 3.63) is 40.9 Å². The molecule has 2 rings (SSSR count). The van der Waals surface area contributed by atoms with E-state index in [1.165, 1.54) is 24.3 Å². The van der Waals surface area contributed by atoms with Crippen molar-refractivity contribution in [1.82, 2.24) is 10.5 Å². The van der Waals surface area contributed by atoms with Crippen molar-refractivity contribution in [2.45, 2.75) is 38.9 Å². The van der Waals surface area contributed by atoms with Crippen LogP contribution in [0.3, 0.4) is 0 Å². The lowest BCUT2D eigenvalue weighted by atomic mass is 9.92. The predicted molar refractivity (Wildman–Crippen MR) is 82.4 cm³/mol. The van der Waals surface area contributed by atoms with Crippen LogP contribution in [0.1, 0.15) is 33.3 Å². The molecule has 1 atom stereocenters. The summed E-state index contributed by atoms with van der Waals surface area (Å²) in [6.07, 6.45) is 0. The summed E-state index contributed by atoms with van der Waals surface area (Å²) in [6, 6.07) is 5.64. The highest BCUT2D eigenvalue weighted by Crippen LogP contribution is 2.36. The molecule has 0 amide bonds. The summed E-state index contributed by atoms with van der Waals surface area (Å²) < 4.78 is 13.9. The molecule has 0 fully saturated rings. The van der Waals surface area contributed by atoms with Crippen molar-refractivity contribution in [2.24, 2.45) is 5.10 Å². The van der Waals surface area contributed by atoms with E-state index in [0.29, 0.717) is 17.0 Å². The minimum Gasteiger partial charge on any atom is -0.622 e. The summed E-state index contributed by atoms with van der Waals surface area (Å²) in [6.45, 7) is 6.71. The third kappa shape index (κ3) is 2.17. The van der Waals surface area contributed by atoms with Gasteiger partial charge in [-0.1, -0.05) is 0 Å². The lowest BCUT2D eigenvalue weighted by Gasteiger charge is -2.32. The SMILES string of the molecule is CNN=C(C)C1(C)N(O)C(C)(C)C(c2ccc(F)cc2)=[N+]1[O-]. The van der Waals surface area contributed by atoms with Crippen molar-refractivity contribution < 1.29 is 14.3 Å². The van der Waals surface area contributed by atoms with Gasteiger partial charge in [-0.2, -0.15) is 9.84 Å². The number of nitrogens with zero attached hydrogens (tertiary/aromatic N) is 3. The average Bonchev–Trinajstić information content (AvgIpc) is 2.60. The van der Waals surface area contributed by atoms with Crippen LogP contribution in [-0.4, -0.2) is 44.7 Å². The summed E-state index contributed by atoms with van der Waals surface area (Å²) >= 11 is 0. The van der Waals surface area contributed by atoms with E-state index in [0.717, 1.165) is 9.80 Å². The molecule has 0 radical (unpaired) electrons. The van der Waals surface area contributed by atoms with E-state index < -0.39 is 11.2 Å². The summed E-state index contributed by atoms with van der Waals surface area (Å²) in [7, 11) is 1.62. The Hall–Kier alpha value is -1.99. The zero-order valence-corrected chi connectivity index (χ0v) is 13.4. The molecule has 1 unspecified atom stereocenters. The molecule has 22 heavy (non-hydrogen) atoms. The normalized spacial score (nSPS) is 25.7. The van der Waals surface area contributed by atoms with Gasteiger partial charge >= 0.3 is 0 Å².